The first-order valence-electron chi connectivity index (χ1n) is 5.55. The second-order valence-electron chi connectivity index (χ2n) is 3.87. The summed E-state index contributed by atoms with van der Waals surface area (Å²) in [6, 6.07) is 8.38. The maximum absolute atomic E-state index is 13.4. The van der Waals surface area contributed by atoms with Crippen LogP contribution in [0.3, 0.4) is 0 Å². The fraction of sp³-hybridized carbons (Fsp3) is 0.143. The van der Waals surface area contributed by atoms with E-state index in [1.54, 1.807) is 18.3 Å². The first-order valence-corrected chi connectivity index (χ1v) is 5.55. The predicted octanol–water partition coefficient (Wildman–Crippen LogP) is 3.18. The molecule has 1 heterocycles. The van der Waals surface area contributed by atoms with Gasteiger partial charge in [-0.15, -0.1) is 0 Å². The summed E-state index contributed by atoms with van der Waals surface area (Å²) in [7, 11) is 0. The molecule has 0 fully saturated rings. The van der Waals surface area contributed by atoms with Crippen LogP contribution in [0.1, 0.15) is 22.5 Å². The van der Waals surface area contributed by atoms with E-state index in [4.69, 9.17) is 0 Å². The topological polar surface area (TPSA) is 30.0 Å². The highest BCUT2D eigenvalue weighted by Crippen LogP contribution is 2.13. The highest BCUT2D eigenvalue weighted by Gasteiger charge is 2.12. The number of hydrogen-bond acceptors (Lipinski definition) is 2. The van der Waals surface area contributed by atoms with Crippen LogP contribution in [0.2, 0.25) is 0 Å². The fourth-order valence-electron chi connectivity index (χ4n) is 1.64. The van der Waals surface area contributed by atoms with Gasteiger partial charge in [0.25, 0.3) is 0 Å². The number of carbonyl (C=O) groups is 1. The number of aryl methyl sites for hydroxylation is 1. The van der Waals surface area contributed by atoms with Crippen molar-refractivity contribution in [1.29, 1.82) is 0 Å². The first-order chi connectivity index (χ1) is 8.66. The van der Waals surface area contributed by atoms with E-state index in [2.05, 4.69) is 4.98 Å². The van der Waals surface area contributed by atoms with Crippen LogP contribution in [0.4, 0.5) is 8.78 Å². The highest BCUT2D eigenvalue weighted by molar-refractivity contribution is 5.96. The molecule has 1 aromatic heterocycles. The van der Waals surface area contributed by atoms with Gasteiger partial charge in [-0.25, -0.2) is 8.78 Å². The van der Waals surface area contributed by atoms with Crippen molar-refractivity contribution in [2.75, 3.05) is 0 Å². The van der Waals surface area contributed by atoms with Crippen molar-refractivity contribution in [2.45, 2.75) is 12.8 Å². The zero-order valence-electron chi connectivity index (χ0n) is 9.57. The molecule has 4 heteroatoms. The lowest BCUT2D eigenvalue weighted by Gasteiger charge is -2.02. The molecule has 2 aromatic rings. The number of rotatable bonds is 4. The predicted molar refractivity (Wildman–Crippen MR) is 63.2 cm³/mol. The van der Waals surface area contributed by atoms with Gasteiger partial charge in [0.15, 0.2) is 5.78 Å². The largest absolute Gasteiger partial charge is 0.294 e. The molecule has 0 aliphatic carbocycles. The second kappa shape index (κ2) is 5.49. The van der Waals surface area contributed by atoms with Gasteiger partial charge < -0.3 is 0 Å². The van der Waals surface area contributed by atoms with Gasteiger partial charge in [0.05, 0.1) is 5.56 Å². The molecule has 1 aromatic carbocycles. The van der Waals surface area contributed by atoms with Crippen LogP contribution in [0.25, 0.3) is 0 Å². The molecule has 0 aliphatic rings. The van der Waals surface area contributed by atoms with Gasteiger partial charge in [-0.3, -0.25) is 9.78 Å². The van der Waals surface area contributed by atoms with Gasteiger partial charge in [0.2, 0.25) is 0 Å². The third-order valence-corrected chi connectivity index (χ3v) is 2.57. The molecule has 0 spiro atoms. The number of pyridine rings is 1. The molecular weight excluding hydrogens is 236 g/mol. The number of aromatic nitrogens is 1. The van der Waals surface area contributed by atoms with Gasteiger partial charge in [0.1, 0.15) is 11.6 Å². The summed E-state index contributed by atoms with van der Waals surface area (Å²) in [5.74, 6) is -1.85. The smallest absolute Gasteiger partial charge is 0.166 e. The molecule has 0 radical (unpaired) electrons. The Morgan fingerprint density at radius 1 is 1.17 bits per heavy atom. The number of hydrogen-bond donors (Lipinski definition) is 0. The van der Waals surface area contributed by atoms with Crippen LogP contribution >= 0.6 is 0 Å². The Balaban J connectivity index is 2.04. The monoisotopic (exact) mass is 247 g/mol. The zero-order chi connectivity index (χ0) is 13.0. The Kier molecular flexibility index (Phi) is 3.77. The lowest BCUT2D eigenvalue weighted by molar-refractivity contribution is 0.0978. The van der Waals surface area contributed by atoms with Crippen LogP contribution in [0.15, 0.2) is 42.6 Å². The van der Waals surface area contributed by atoms with E-state index in [-0.39, 0.29) is 17.8 Å². The lowest BCUT2D eigenvalue weighted by Crippen LogP contribution is -2.05. The van der Waals surface area contributed by atoms with Gasteiger partial charge in [-0.05, 0) is 30.7 Å². The summed E-state index contributed by atoms with van der Waals surface area (Å²) < 4.78 is 26.1. The summed E-state index contributed by atoms with van der Waals surface area (Å²) in [4.78, 5) is 15.8. The molecule has 0 unspecified atom stereocenters. The molecule has 0 saturated heterocycles. The molecule has 0 saturated carbocycles. The van der Waals surface area contributed by atoms with Crippen molar-refractivity contribution in [1.82, 2.24) is 4.98 Å². The summed E-state index contributed by atoms with van der Waals surface area (Å²) in [6.45, 7) is 0. The average Bonchev–Trinajstić information content (AvgIpc) is 2.37. The minimum Gasteiger partial charge on any atom is -0.294 e. The van der Waals surface area contributed by atoms with Gasteiger partial charge in [-0.2, -0.15) is 0 Å². The molecule has 0 aliphatic heterocycles. The molecule has 18 heavy (non-hydrogen) atoms. The number of carbonyl (C=O) groups excluding carboxylic acids is 1. The maximum Gasteiger partial charge on any atom is 0.166 e. The Bertz CT molecular complexity index is 555. The summed E-state index contributed by atoms with van der Waals surface area (Å²) >= 11 is 0. The van der Waals surface area contributed by atoms with Crippen molar-refractivity contribution in [3.63, 3.8) is 0 Å². The second-order valence-corrected chi connectivity index (χ2v) is 3.87. The van der Waals surface area contributed by atoms with E-state index >= 15 is 0 Å². The van der Waals surface area contributed by atoms with Crippen LogP contribution < -0.4 is 0 Å². The Labute approximate surface area is 103 Å². The van der Waals surface area contributed by atoms with E-state index in [9.17, 15) is 13.6 Å². The van der Waals surface area contributed by atoms with Crippen molar-refractivity contribution in [3.05, 3.63) is 65.5 Å². The van der Waals surface area contributed by atoms with Gasteiger partial charge >= 0.3 is 0 Å². The molecule has 2 rings (SSSR count). The lowest BCUT2D eigenvalue weighted by atomic mass is 10.0. The van der Waals surface area contributed by atoms with Gasteiger partial charge in [-0.1, -0.05) is 6.07 Å². The molecular formula is C14H11F2NO. The quantitative estimate of drug-likeness (QED) is 0.777. The molecule has 0 amide bonds. The Hall–Kier alpha value is -2.10. The Morgan fingerprint density at radius 2 is 2.00 bits per heavy atom. The summed E-state index contributed by atoms with van der Waals surface area (Å²) in [6.07, 6.45) is 2.23. The molecule has 0 atom stereocenters. The fourth-order valence-corrected chi connectivity index (χ4v) is 1.64. The summed E-state index contributed by atoms with van der Waals surface area (Å²) in [5.41, 5.74) is 0.695. The number of halogens is 2. The van der Waals surface area contributed by atoms with Crippen LogP contribution in [0.5, 0.6) is 0 Å². The van der Waals surface area contributed by atoms with E-state index in [1.807, 2.05) is 6.07 Å². The number of ketones is 1. The van der Waals surface area contributed by atoms with Crippen molar-refractivity contribution in [2.24, 2.45) is 0 Å². The van der Waals surface area contributed by atoms with Crippen LogP contribution in [0, 0.1) is 11.6 Å². The third-order valence-electron chi connectivity index (χ3n) is 2.57. The van der Waals surface area contributed by atoms with E-state index in [0.717, 1.165) is 11.8 Å². The molecule has 92 valence electrons. The normalized spacial score (nSPS) is 10.3. The Morgan fingerprint density at radius 3 is 2.67 bits per heavy atom. The minimum absolute atomic E-state index is 0.0765. The van der Waals surface area contributed by atoms with E-state index < -0.39 is 11.6 Å². The summed E-state index contributed by atoms with van der Waals surface area (Å²) in [5, 5.41) is 0. The van der Waals surface area contributed by atoms with E-state index in [1.165, 1.54) is 6.07 Å². The van der Waals surface area contributed by atoms with Crippen LogP contribution in [-0.4, -0.2) is 10.8 Å². The number of Topliss-reactive ketones (excluding diaryl/α,β-unsaturated/α-hetero) is 1. The van der Waals surface area contributed by atoms with Crippen molar-refractivity contribution < 1.29 is 13.6 Å². The van der Waals surface area contributed by atoms with Crippen LogP contribution in [-0.2, 0) is 6.42 Å². The standard InChI is InChI=1S/C14H11F2NO/c15-10-4-6-12(13(16)9-10)14(18)7-5-11-3-1-2-8-17-11/h1-4,6,8-9H,5,7H2. The maximum atomic E-state index is 13.4. The van der Waals surface area contributed by atoms with Gasteiger partial charge in [0, 0.05) is 24.4 Å². The highest BCUT2D eigenvalue weighted by atomic mass is 19.1. The molecule has 2 nitrogen and oxygen atoms in total. The molecule has 0 N–H and O–H groups in total. The third kappa shape index (κ3) is 2.97. The van der Waals surface area contributed by atoms with Crippen molar-refractivity contribution >= 4 is 5.78 Å². The van der Waals surface area contributed by atoms with Crippen molar-refractivity contribution in [3.8, 4) is 0 Å². The van der Waals surface area contributed by atoms with E-state index in [0.29, 0.717) is 12.5 Å². The molecule has 0 bridgehead atoms. The minimum atomic E-state index is -0.818. The SMILES string of the molecule is O=C(CCc1ccccn1)c1ccc(F)cc1F. The number of nitrogens with zero attached hydrogens (tertiary/aromatic N) is 1. The average molecular weight is 247 g/mol. The first kappa shape index (κ1) is 12.4. The number of benzene rings is 1. The zero-order valence-corrected chi connectivity index (χ0v) is 9.57.